The minimum absolute atomic E-state index is 0.297. The third-order valence-corrected chi connectivity index (χ3v) is 6.38. The molecule has 162 valence electrons. The van der Waals surface area contributed by atoms with E-state index in [0.717, 1.165) is 56.9 Å². The zero-order valence-corrected chi connectivity index (χ0v) is 19.2. The number of likely N-dealkylation sites (tertiary alicyclic amines) is 1. The molecule has 0 aromatic heterocycles. The number of rotatable bonds is 6. The molecule has 0 bridgehead atoms. The highest BCUT2D eigenvalue weighted by Crippen LogP contribution is 2.31. The number of hydrogen-bond donors (Lipinski definition) is 1. The zero-order chi connectivity index (χ0) is 21.3. The van der Waals surface area contributed by atoms with Gasteiger partial charge in [0.15, 0.2) is 0 Å². The summed E-state index contributed by atoms with van der Waals surface area (Å²) in [5.41, 5.74) is 7.62. The summed E-state index contributed by atoms with van der Waals surface area (Å²) in [6, 6.07) is 9.16. The first-order chi connectivity index (χ1) is 14.4. The highest BCUT2D eigenvalue weighted by Gasteiger charge is 2.22. The van der Waals surface area contributed by atoms with Crippen molar-refractivity contribution >= 4 is 0 Å². The molecule has 2 aliphatic heterocycles. The van der Waals surface area contributed by atoms with E-state index in [2.05, 4.69) is 69.2 Å². The maximum atomic E-state index is 6.37. The van der Waals surface area contributed by atoms with Crippen molar-refractivity contribution in [3.8, 4) is 11.5 Å². The number of ether oxygens (including phenoxy) is 2. The molecule has 4 nitrogen and oxygen atoms in total. The van der Waals surface area contributed by atoms with E-state index in [1.807, 2.05) is 0 Å². The molecule has 2 atom stereocenters. The van der Waals surface area contributed by atoms with Crippen LogP contribution in [0.4, 0.5) is 0 Å². The molecule has 0 radical (unpaired) electrons. The molecule has 2 aliphatic rings. The fourth-order valence-corrected chi connectivity index (χ4v) is 4.94. The van der Waals surface area contributed by atoms with Gasteiger partial charge in [-0.2, -0.15) is 0 Å². The average Bonchev–Trinajstić information content (AvgIpc) is 3.33. The quantitative estimate of drug-likeness (QED) is 0.771. The van der Waals surface area contributed by atoms with Gasteiger partial charge < -0.3 is 19.7 Å². The van der Waals surface area contributed by atoms with Crippen LogP contribution < -0.4 is 14.8 Å². The Bertz CT molecular complexity index is 856. The zero-order valence-electron chi connectivity index (χ0n) is 19.2. The van der Waals surface area contributed by atoms with E-state index in [1.54, 1.807) is 0 Å². The van der Waals surface area contributed by atoms with Gasteiger partial charge in [-0.15, -0.1) is 0 Å². The predicted octanol–water partition coefficient (Wildman–Crippen LogP) is 4.33. The third-order valence-electron chi connectivity index (χ3n) is 6.38. The predicted molar refractivity (Wildman–Crippen MR) is 123 cm³/mol. The van der Waals surface area contributed by atoms with Crippen molar-refractivity contribution in [3.05, 3.63) is 57.6 Å². The first-order valence-electron chi connectivity index (χ1n) is 11.3. The van der Waals surface area contributed by atoms with Gasteiger partial charge in [-0.25, -0.2) is 0 Å². The Labute approximate surface area is 181 Å². The highest BCUT2D eigenvalue weighted by molar-refractivity contribution is 5.48. The van der Waals surface area contributed by atoms with Crippen molar-refractivity contribution in [2.45, 2.75) is 59.2 Å². The Balaban J connectivity index is 1.48. The molecule has 0 saturated carbocycles. The SMILES string of the molecule is Cc1cc(Cc2cc(C)c(OC3CCN(C)C3)c(C)c2)cc(C)c1OC1CCNC1. The fourth-order valence-electron chi connectivity index (χ4n) is 4.94. The average molecular weight is 409 g/mol. The lowest BCUT2D eigenvalue weighted by Crippen LogP contribution is -2.22. The van der Waals surface area contributed by atoms with Gasteiger partial charge in [0.25, 0.3) is 0 Å². The topological polar surface area (TPSA) is 33.7 Å². The number of hydrogen-bond acceptors (Lipinski definition) is 4. The molecule has 30 heavy (non-hydrogen) atoms. The number of benzene rings is 2. The molecule has 0 amide bonds. The van der Waals surface area contributed by atoms with E-state index < -0.39 is 0 Å². The van der Waals surface area contributed by atoms with Gasteiger partial charge in [0.2, 0.25) is 0 Å². The Kier molecular flexibility index (Phi) is 6.35. The number of likely N-dealkylation sites (N-methyl/N-ethyl adjacent to an activating group) is 1. The van der Waals surface area contributed by atoms with Gasteiger partial charge in [-0.05, 0) is 93.9 Å². The van der Waals surface area contributed by atoms with Crippen molar-refractivity contribution in [1.82, 2.24) is 10.2 Å². The number of aryl methyl sites for hydroxylation is 4. The van der Waals surface area contributed by atoms with Crippen LogP contribution in [0.5, 0.6) is 11.5 Å². The van der Waals surface area contributed by atoms with Crippen molar-refractivity contribution in [3.63, 3.8) is 0 Å². The van der Waals surface area contributed by atoms with Gasteiger partial charge in [0.1, 0.15) is 23.7 Å². The summed E-state index contributed by atoms with van der Waals surface area (Å²) >= 11 is 0. The van der Waals surface area contributed by atoms with Crippen LogP contribution in [0.3, 0.4) is 0 Å². The minimum Gasteiger partial charge on any atom is -0.489 e. The summed E-state index contributed by atoms with van der Waals surface area (Å²) in [5.74, 6) is 2.13. The van der Waals surface area contributed by atoms with E-state index >= 15 is 0 Å². The van der Waals surface area contributed by atoms with Crippen molar-refractivity contribution in [2.75, 3.05) is 33.2 Å². The molecule has 2 fully saturated rings. The maximum Gasteiger partial charge on any atom is 0.125 e. The molecular formula is C26H36N2O2. The largest absolute Gasteiger partial charge is 0.489 e. The Morgan fingerprint density at radius 2 is 1.37 bits per heavy atom. The molecule has 1 N–H and O–H groups in total. The van der Waals surface area contributed by atoms with Gasteiger partial charge in [0.05, 0.1) is 0 Å². The summed E-state index contributed by atoms with van der Waals surface area (Å²) in [6.45, 7) is 12.8. The van der Waals surface area contributed by atoms with Crippen LogP contribution in [0.15, 0.2) is 24.3 Å². The van der Waals surface area contributed by atoms with Crippen LogP contribution in [-0.2, 0) is 6.42 Å². The van der Waals surface area contributed by atoms with E-state index in [-0.39, 0.29) is 0 Å². The van der Waals surface area contributed by atoms with Crippen molar-refractivity contribution in [2.24, 2.45) is 0 Å². The maximum absolute atomic E-state index is 6.37. The highest BCUT2D eigenvalue weighted by atomic mass is 16.5. The summed E-state index contributed by atoms with van der Waals surface area (Å²) in [6.07, 6.45) is 3.74. The monoisotopic (exact) mass is 408 g/mol. The van der Waals surface area contributed by atoms with E-state index in [9.17, 15) is 0 Å². The minimum atomic E-state index is 0.297. The normalized spacial score (nSPS) is 21.9. The fraction of sp³-hybridized carbons (Fsp3) is 0.538. The molecule has 4 heteroatoms. The smallest absolute Gasteiger partial charge is 0.125 e. The van der Waals surface area contributed by atoms with Crippen molar-refractivity contribution in [1.29, 1.82) is 0 Å². The molecular weight excluding hydrogens is 372 g/mol. The molecule has 2 aromatic carbocycles. The molecule has 4 rings (SSSR count). The van der Waals surface area contributed by atoms with Crippen LogP contribution in [0.1, 0.15) is 46.2 Å². The Hall–Kier alpha value is -2.04. The van der Waals surface area contributed by atoms with Gasteiger partial charge in [-0.3, -0.25) is 0 Å². The Morgan fingerprint density at radius 3 is 1.80 bits per heavy atom. The lowest BCUT2D eigenvalue weighted by Gasteiger charge is -2.20. The second-order valence-electron chi connectivity index (χ2n) is 9.32. The Morgan fingerprint density at radius 1 is 0.833 bits per heavy atom. The van der Waals surface area contributed by atoms with Crippen LogP contribution in [0.2, 0.25) is 0 Å². The molecule has 2 unspecified atom stereocenters. The lowest BCUT2D eigenvalue weighted by molar-refractivity contribution is 0.205. The summed E-state index contributed by atoms with van der Waals surface area (Å²) in [4.78, 5) is 2.34. The number of nitrogens with one attached hydrogen (secondary N) is 1. The number of nitrogens with zero attached hydrogens (tertiary/aromatic N) is 1. The first-order valence-corrected chi connectivity index (χ1v) is 11.3. The molecule has 2 heterocycles. The second-order valence-corrected chi connectivity index (χ2v) is 9.32. The second kappa shape index (κ2) is 8.99. The van der Waals surface area contributed by atoms with E-state index in [4.69, 9.17) is 9.47 Å². The van der Waals surface area contributed by atoms with Crippen LogP contribution in [0.25, 0.3) is 0 Å². The third kappa shape index (κ3) is 4.81. The van der Waals surface area contributed by atoms with Gasteiger partial charge in [-0.1, -0.05) is 24.3 Å². The molecule has 0 aliphatic carbocycles. The van der Waals surface area contributed by atoms with Gasteiger partial charge in [0, 0.05) is 19.6 Å². The molecule has 2 saturated heterocycles. The van der Waals surface area contributed by atoms with Crippen LogP contribution in [-0.4, -0.2) is 50.3 Å². The molecule has 0 spiro atoms. The first kappa shape index (κ1) is 21.2. The molecule has 2 aromatic rings. The van der Waals surface area contributed by atoms with Crippen molar-refractivity contribution < 1.29 is 9.47 Å². The summed E-state index contributed by atoms with van der Waals surface area (Å²) in [5, 5.41) is 3.38. The summed E-state index contributed by atoms with van der Waals surface area (Å²) < 4.78 is 12.7. The van der Waals surface area contributed by atoms with Crippen LogP contribution in [0, 0.1) is 27.7 Å². The van der Waals surface area contributed by atoms with E-state index in [1.165, 1.54) is 33.4 Å². The van der Waals surface area contributed by atoms with Gasteiger partial charge >= 0.3 is 0 Å². The lowest BCUT2D eigenvalue weighted by atomic mass is 9.97. The standard InChI is InChI=1S/C26H36N2O2/c1-17-10-21(11-18(2)25(17)29-23-6-8-27-15-23)14-22-12-19(3)26(20(4)13-22)30-24-7-9-28(5)16-24/h10-13,23-24,27H,6-9,14-16H2,1-5H3. The van der Waals surface area contributed by atoms with E-state index in [0.29, 0.717) is 12.2 Å². The van der Waals surface area contributed by atoms with Crippen LogP contribution >= 0.6 is 0 Å². The summed E-state index contributed by atoms with van der Waals surface area (Å²) in [7, 11) is 2.16.